The topological polar surface area (TPSA) is 52.4 Å². The van der Waals surface area contributed by atoms with Gasteiger partial charge in [-0.3, -0.25) is 4.90 Å². The van der Waals surface area contributed by atoms with Crippen LogP contribution >= 0.6 is 0 Å². The second kappa shape index (κ2) is 5.71. The van der Waals surface area contributed by atoms with E-state index in [4.69, 9.17) is 9.72 Å². The minimum atomic E-state index is 0.614. The van der Waals surface area contributed by atoms with E-state index < -0.39 is 0 Å². The highest BCUT2D eigenvalue weighted by atomic mass is 16.5. The highest BCUT2D eigenvalue weighted by molar-refractivity contribution is 5.84. The van der Waals surface area contributed by atoms with Gasteiger partial charge in [0.2, 0.25) is 0 Å². The van der Waals surface area contributed by atoms with Crippen LogP contribution in [-0.4, -0.2) is 49.2 Å². The molecule has 2 aromatic rings. The van der Waals surface area contributed by atoms with Gasteiger partial charge in [-0.1, -0.05) is 0 Å². The van der Waals surface area contributed by atoms with Crippen LogP contribution in [-0.2, 0) is 0 Å². The Labute approximate surface area is 136 Å². The lowest BCUT2D eigenvalue weighted by Crippen LogP contribution is -2.50. The van der Waals surface area contributed by atoms with Crippen LogP contribution in [0.15, 0.2) is 24.3 Å². The minimum Gasteiger partial charge on any atom is -0.497 e. The van der Waals surface area contributed by atoms with Crippen molar-refractivity contribution in [2.24, 2.45) is 0 Å². The first-order valence-corrected chi connectivity index (χ1v) is 8.16. The summed E-state index contributed by atoms with van der Waals surface area (Å²) in [4.78, 5) is 9.64. The SMILES string of the molecule is COc1ccc2nc(N3CCN4CCC[C@@H]4C3)c(C#N)cc2c1. The van der Waals surface area contributed by atoms with E-state index in [0.29, 0.717) is 11.6 Å². The average Bonchev–Trinajstić information content (AvgIpc) is 3.07. The molecule has 2 aliphatic rings. The largest absolute Gasteiger partial charge is 0.497 e. The Hall–Kier alpha value is -2.32. The molecule has 0 radical (unpaired) electrons. The Morgan fingerprint density at radius 1 is 1.26 bits per heavy atom. The molecule has 2 saturated heterocycles. The molecule has 1 aromatic carbocycles. The predicted octanol–water partition coefficient (Wildman–Crippen LogP) is 2.40. The van der Waals surface area contributed by atoms with Crippen molar-refractivity contribution in [3.8, 4) is 11.8 Å². The molecule has 23 heavy (non-hydrogen) atoms. The quantitative estimate of drug-likeness (QED) is 0.852. The molecule has 2 aliphatic heterocycles. The summed E-state index contributed by atoms with van der Waals surface area (Å²) in [5.41, 5.74) is 1.56. The highest BCUT2D eigenvalue weighted by Crippen LogP contribution is 2.29. The Kier molecular flexibility index (Phi) is 3.55. The minimum absolute atomic E-state index is 0.614. The van der Waals surface area contributed by atoms with Crippen LogP contribution in [0.1, 0.15) is 18.4 Å². The maximum Gasteiger partial charge on any atom is 0.147 e. The van der Waals surface area contributed by atoms with Gasteiger partial charge in [-0.05, 0) is 43.7 Å². The number of hydrogen-bond donors (Lipinski definition) is 0. The molecule has 3 heterocycles. The number of anilines is 1. The number of ether oxygens (including phenoxy) is 1. The van der Waals surface area contributed by atoms with Crippen molar-refractivity contribution in [3.63, 3.8) is 0 Å². The molecule has 0 spiro atoms. The lowest BCUT2D eigenvalue weighted by molar-refractivity contribution is 0.230. The molecule has 0 saturated carbocycles. The number of nitriles is 1. The molecule has 4 rings (SSSR count). The molecular formula is C18H20N4O. The van der Waals surface area contributed by atoms with Crippen molar-refractivity contribution in [2.75, 3.05) is 38.2 Å². The Bertz CT molecular complexity index is 782. The summed E-state index contributed by atoms with van der Waals surface area (Å²) in [5, 5.41) is 10.5. The van der Waals surface area contributed by atoms with Gasteiger partial charge in [0.05, 0.1) is 18.2 Å². The molecule has 0 amide bonds. The van der Waals surface area contributed by atoms with Gasteiger partial charge in [-0.2, -0.15) is 5.26 Å². The summed E-state index contributed by atoms with van der Waals surface area (Å²) in [5.74, 6) is 1.62. The van der Waals surface area contributed by atoms with Crippen LogP contribution in [0.5, 0.6) is 5.75 Å². The number of hydrogen-bond acceptors (Lipinski definition) is 5. The molecular weight excluding hydrogens is 288 g/mol. The van der Waals surface area contributed by atoms with E-state index in [2.05, 4.69) is 15.9 Å². The van der Waals surface area contributed by atoms with Gasteiger partial charge in [0.25, 0.3) is 0 Å². The molecule has 0 aliphatic carbocycles. The van der Waals surface area contributed by atoms with Gasteiger partial charge in [0.15, 0.2) is 0 Å². The van der Waals surface area contributed by atoms with E-state index in [-0.39, 0.29) is 0 Å². The number of benzene rings is 1. The van der Waals surface area contributed by atoms with Crippen molar-refractivity contribution in [1.29, 1.82) is 5.26 Å². The second-order valence-electron chi connectivity index (χ2n) is 6.31. The van der Waals surface area contributed by atoms with Crippen molar-refractivity contribution in [3.05, 3.63) is 29.8 Å². The zero-order valence-corrected chi connectivity index (χ0v) is 13.3. The van der Waals surface area contributed by atoms with Crippen LogP contribution in [0, 0.1) is 11.3 Å². The molecule has 5 heteroatoms. The Morgan fingerprint density at radius 3 is 3.00 bits per heavy atom. The molecule has 2 fully saturated rings. The molecule has 118 valence electrons. The smallest absolute Gasteiger partial charge is 0.147 e. The first kappa shape index (κ1) is 14.3. The third-order valence-electron chi connectivity index (χ3n) is 5.01. The first-order valence-electron chi connectivity index (χ1n) is 8.16. The van der Waals surface area contributed by atoms with Crippen LogP contribution in [0.2, 0.25) is 0 Å². The molecule has 0 N–H and O–H groups in total. The molecule has 1 aromatic heterocycles. The van der Waals surface area contributed by atoms with Crippen LogP contribution in [0.25, 0.3) is 10.9 Å². The average molecular weight is 308 g/mol. The van der Waals surface area contributed by atoms with E-state index in [1.807, 2.05) is 24.3 Å². The van der Waals surface area contributed by atoms with Crippen molar-refractivity contribution in [2.45, 2.75) is 18.9 Å². The fourth-order valence-corrected chi connectivity index (χ4v) is 3.78. The molecule has 5 nitrogen and oxygen atoms in total. The van der Waals surface area contributed by atoms with E-state index in [9.17, 15) is 5.26 Å². The number of fused-ring (bicyclic) bond motifs is 2. The van der Waals surface area contributed by atoms with Crippen LogP contribution in [0.4, 0.5) is 5.82 Å². The van der Waals surface area contributed by atoms with Gasteiger partial charge in [0.1, 0.15) is 17.6 Å². The first-order chi connectivity index (χ1) is 11.3. The summed E-state index contributed by atoms with van der Waals surface area (Å²) >= 11 is 0. The number of methoxy groups -OCH3 is 1. The number of piperazine rings is 1. The standard InChI is InChI=1S/C18H20N4O/c1-23-16-4-5-17-13(10-16)9-14(11-19)18(20-17)22-8-7-21-6-2-3-15(21)12-22/h4-5,9-10,15H,2-3,6-8,12H2,1H3/t15-/m1/s1. The lowest BCUT2D eigenvalue weighted by Gasteiger charge is -2.38. The number of nitrogens with zero attached hydrogens (tertiary/aromatic N) is 4. The Morgan fingerprint density at radius 2 is 2.17 bits per heavy atom. The monoisotopic (exact) mass is 308 g/mol. The fourth-order valence-electron chi connectivity index (χ4n) is 3.78. The Balaban J connectivity index is 1.72. The van der Waals surface area contributed by atoms with Gasteiger partial charge >= 0.3 is 0 Å². The summed E-state index contributed by atoms with van der Waals surface area (Å²) in [6.45, 7) is 4.20. The molecule has 0 bridgehead atoms. The normalized spacial score (nSPS) is 21.2. The van der Waals surface area contributed by atoms with E-state index in [1.54, 1.807) is 7.11 Å². The maximum absolute atomic E-state index is 9.56. The second-order valence-corrected chi connectivity index (χ2v) is 6.31. The predicted molar refractivity (Wildman–Crippen MR) is 89.8 cm³/mol. The van der Waals surface area contributed by atoms with Crippen LogP contribution in [0.3, 0.4) is 0 Å². The van der Waals surface area contributed by atoms with E-state index in [0.717, 1.165) is 42.1 Å². The summed E-state index contributed by atoms with van der Waals surface area (Å²) < 4.78 is 5.26. The van der Waals surface area contributed by atoms with E-state index >= 15 is 0 Å². The highest BCUT2D eigenvalue weighted by Gasteiger charge is 2.31. The lowest BCUT2D eigenvalue weighted by atomic mass is 10.1. The van der Waals surface area contributed by atoms with Gasteiger partial charge in [-0.15, -0.1) is 0 Å². The zero-order chi connectivity index (χ0) is 15.8. The summed E-state index contributed by atoms with van der Waals surface area (Å²) in [6, 6.07) is 10.7. The van der Waals surface area contributed by atoms with Gasteiger partial charge < -0.3 is 9.64 Å². The van der Waals surface area contributed by atoms with Crippen molar-refractivity contribution >= 4 is 16.7 Å². The zero-order valence-electron chi connectivity index (χ0n) is 13.3. The van der Waals surface area contributed by atoms with Crippen molar-refractivity contribution in [1.82, 2.24) is 9.88 Å². The molecule has 1 atom stereocenters. The number of rotatable bonds is 2. The van der Waals surface area contributed by atoms with Crippen molar-refractivity contribution < 1.29 is 4.74 Å². The molecule has 0 unspecified atom stereocenters. The van der Waals surface area contributed by atoms with Gasteiger partial charge in [-0.25, -0.2) is 4.98 Å². The van der Waals surface area contributed by atoms with E-state index in [1.165, 1.54) is 19.4 Å². The van der Waals surface area contributed by atoms with Gasteiger partial charge in [0, 0.05) is 31.1 Å². The number of aromatic nitrogens is 1. The third-order valence-corrected chi connectivity index (χ3v) is 5.01. The summed E-state index contributed by atoms with van der Waals surface area (Å²) in [7, 11) is 1.65. The number of pyridine rings is 1. The van der Waals surface area contributed by atoms with Crippen LogP contribution < -0.4 is 9.64 Å². The maximum atomic E-state index is 9.56. The fraction of sp³-hybridized carbons (Fsp3) is 0.444. The summed E-state index contributed by atoms with van der Waals surface area (Å²) in [6.07, 6.45) is 2.54. The third kappa shape index (κ3) is 2.49.